The van der Waals surface area contributed by atoms with Crippen LogP contribution in [0, 0.1) is 17.3 Å². The summed E-state index contributed by atoms with van der Waals surface area (Å²) in [6.07, 6.45) is 8.12. The summed E-state index contributed by atoms with van der Waals surface area (Å²) in [6.45, 7) is 9.54. The highest BCUT2D eigenvalue weighted by Gasteiger charge is 2.52. The Labute approximate surface area is 184 Å². The lowest BCUT2D eigenvalue weighted by molar-refractivity contribution is -0.903. The molecule has 4 nitrogen and oxygen atoms in total. The molecular formula is C25H32ClN2O2+. The number of rotatable bonds is 3. The monoisotopic (exact) mass is 427 g/mol. The Kier molecular flexibility index (Phi) is 5.19. The Balaban J connectivity index is 1.27. The molecule has 5 rings (SSSR count). The minimum absolute atomic E-state index is 0.00510. The van der Waals surface area contributed by atoms with E-state index >= 15 is 0 Å². The van der Waals surface area contributed by atoms with Crippen molar-refractivity contribution in [2.24, 2.45) is 17.3 Å². The predicted octanol–water partition coefficient (Wildman–Crippen LogP) is 3.28. The number of quaternary nitrogens is 1. The lowest BCUT2D eigenvalue weighted by Gasteiger charge is -2.43. The molecule has 0 radical (unpaired) electrons. The van der Waals surface area contributed by atoms with Crippen LogP contribution in [0.15, 0.2) is 47.6 Å². The minimum atomic E-state index is -0.00510. The molecule has 4 aliphatic rings. The second-order valence-corrected chi connectivity index (χ2v) is 10.3. The van der Waals surface area contributed by atoms with Gasteiger partial charge < -0.3 is 14.5 Å². The second kappa shape index (κ2) is 7.72. The highest BCUT2D eigenvalue weighted by atomic mass is 35.5. The van der Waals surface area contributed by atoms with E-state index in [1.165, 1.54) is 28.2 Å². The van der Waals surface area contributed by atoms with E-state index in [4.69, 9.17) is 16.3 Å². The molecule has 0 saturated carbocycles. The maximum atomic E-state index is 12.8. The first-order chi connectivity index (χ1) is 14.4. The summed E-state index contributed by atoms with van der Waals surface area (Å²) in [4.78, 5) is 16.7. The standard InChI is InChI=1S/C25H31ClN2O2/c1-17-5-4-8-25(2)15-23-20(14-22(17)25)21(24(29)30-23)16-27-9-11-28(12-10-27)19-7-3-6-18(26)13-19/h3,5-7,13-14,20-21,23H,4,8-12,15-16H2,1-2H3/p+1/t20-,21-,23-,25-/m1/s1. The minimum Gasteiger partial charge on any atom is -0.461 e. The largest absolute Gasteiger partial charge is 0.461 e. The normalized spacial score (nSPS) is 34.0. The van der Waals surface area contributed by atoms with Gasteiger partial charge in [0.05, 0.1) is 32.7 Å². The molecule has 0 amide bonds. The van der Waals surface area contributed by atoms with Gasteiger partial charge in [0.1, 0.15) is 12.0 Å². The van der Waals surface area contributed by atoms with Gasteiger partial charge in [-0.1, -0.05) is 42.3 Å². The van der Waals surface area contributed by atoms with Crippen molar-refractivity contribution in [2.45, 2.75) is 39.2 Å². The van der Waals surface area contributed by atoms with Crippen LogP contribution in [0.25, 0.3) is 0 Å². The van der Waals surface area contributed by atoms with Crippen LogP contribution in [0.5, 0.6) is 0 Å². The number of nitrogens with one attached hydrogen (secondary N) is 1. The number of halogens is 1. The van der Waals surface area contributed by atoms with E-state index in [0.717, 1.165) is 50.6 Å². The zero-order chi connectivity index (χ0) is 20.9. The lowest BCUT2D eigenvalue weighted by Crippen LogP contribution is -3.15. The van der Waals surface area contributed by atoms with Gasteiger partial charge in [-0.15, -0.1) is 0 Å². The van der Waals surface area contributed by atoms with Crippen LogP contribution >= 0.6 is 11.6 Å². The number of anilines is 1. The molecule has 4 atom stereocenters. The van der Waals surface area contributed by atoms with Crippen LogP contribution in [-0.4, -0.2) is 44.8 Å². The van der Waals surface area contributed by atoms with E-state index in [0.29, 0.717) is 0 Å². The van der Waals surface area contributed by atoms with Crippen LogP contribution in [0.3, 0.4) is 0 Å². The molecule has 5 heteroatoms. The van der Waals surface area contributed by atoms with Gasteiger partial charge in [-0.25, -0.2) is 0 Å². The molecule has 1 N–H and O–H groups in total. The summed E-state index contributed by atoms with van der Waals surface area (Å²) in [5.41, 5.74) is 4.24. The van der Waals surface area contributed by atoms with Crippen LogP contribution < -0.4 is 9.80 Å². The Bertz CT molecular complexity index is 902. The first-order valence-electron chi connectivity index (χ1n) is 11.4. The molecule has 1 aromatic carbocycles. The topological polar surface area (TPSA) is 34.0 Å². The molecule has 2 aliphatic carbocycles. The zero-order valence-electron chi connectivity index (χ0n) is 18.0. The highest BCUT2D eigenvalue weighted by Crippen LogP contribution is 2.52. The van der Waals surface area contributed by atoms with Crippen molar-refractivity contribution >= 4 is 23.3 Å². The highest BCUT2D eigenvalue weighted by molar-refractivity contribution is 6.30. The van der Waals surface area contributed by atoms with Crippen LogP contribution in [-0.2, 0) is 9.53 Å². The Morgan fingerprint density at radius 2 is 2.10 bits per heavy atom. The van der Waals surface area contributed by atoms with Gasteiger partial charge in [0.2, 0.25) is 0 Å². The molecule has 0 aromatic heterocycles. The van der Waals surface area contributed by atoms with Crippen LogP contribution in [0.4, 0.5) is 5.69 Å². The number of esters is 1. The molecule has 0 bridgehead atoms. The molecule has 0 unspecified atom stereocenters. The fourth-order valence-corrected chi connectivity index (χ4v) is 6.31. The quantitative estimate of drug-likeness (QED) is 0.751. The summed E-state index contributed by atoms with van der Waals surface area (Å²) in [6, 6.07) is 8.09. The smallest absolute Gasteiger partial charge is 0.315 e. The van der Waals surface area contributed by atoms with Crippen LogP contribution in [0.1, 0.15) is 33.1 Å². The predicted molar refractivity (Wildman–Crippen MR) is 120 cm³/mol. The van der Waals surface area contributed by atoms with Gasteiger partial charge in [-0.05, 0) is 55.4 Å². The molecule has 2 heterocycles. The molecule has 30 heavy (non-hydrogen) atoms. The first kappa shape index (κ1) is 20.1. The maximum Gasteiger partial charge on any atom is 0.315 e. The molecule has 160 valence electrons. The molecular weight excluding hydrogens is 396 g/mol. The number of hydrogen-bond donors (Lipinski definition) is 1. The Morgan fingerprint density at radius 3 is 2.87 bits per heavy atom. The molecule has 1 aromatic rings. The van der Waals surface area contributed by atoms with Gasteiger partial charge in [0, 0.05) is 16.6 Å². The number of ether oxygens (including phenoxy) is 1. The van der Waals surface area contributed by atoms with E-state index in [1.807, 2.05) is 18.2 Å². The number of allylic oxidation sites excluding steroid dienone is 3. The number of carbonyl (C=O) groups excluding carboxylic acids is 1. The van der Waals surface area contributed by atoms with Crippen LogP contribution in [0.2, 0.25) is 5.02 Å². The van der Waals surface area contributed by atoms with Crippen molar-refractivity contribution in [3.05, 3.63) is 52.6 Å². The average molecular weight is 428 g/mol. The van der Waals surface area contributed by atoms with E-state index in [-0.39, 0.29) is 29.3 Å². The van der Waals surface area contributed by atoms with Crippen molar-refractivity contribution in [2.75, 3.05) is 37.6 Å². The molecule has 0 spiro atoms. The van der Waals surface area contributed by atoms with E-state index in [2.05, 4.69) is 37.0 Å². The number of carbonyl (C=O) groups is 1. The Hall–Kier alpha value is -1.78. The molecule has 2 saturated heterocycles. The number of piperazine rings is 1. The van der Waals surface area contributed by atoms with Crippen molar-refractivity contribution < 1.29 is 14.4 Å². The number of benzene rings is 1. The molecule has 2 fully saturated rings. The van der Waals surface area contributed by atoms with Crippen molar-refractivity contribution in [3.8, 4) is 0 Å². The van der Waals surface area contributed by atoms with E-state index in [1.54, 1.807) is 0 Å². The van der Waals surface area contributed by atoms with E-state index in [9.17, 15) is 4.79 Å². The van der Waals surface area contributed by atoms with Gasteiger partial charge in [-0.2, -0.15) is 0 Å². The number of fused-ring (bicyclic) bond motifs is 2. The lowest BCUT2D eigenvalue weighted by atomic mass is 9.62. The van der Waals surface area contributed by atoms with Crippen molar-refractivity contribution in [1.82, 2.24) is 0 Å². The third-order valence-electron chi connectivity index (χ3n) is 7.85. The third-order valence-corrected chi connectivity index (χ3v) is 8.08. The molecule has 2 aliphatic heterocycles. The summed E-state index contributed by atoms with van der Waals surface area (Å²) < 4.78 is 5.93. The number of hydrogen-bond acceptors (Lipinski definition) is 3. The average Bonchev–Trinajstić information content (AvgIpc) is 3.01. The summed E-state index contributed by atoms with van der Waals surface area (Å²) in [5.74, 6) is 0.255. The maximum absolute atomic E-state index is 12.8. The third kappa shape index (κ3) is 3.58. The van der Waals surface area contributed by atoms with Gasteiger partial charge in [0.15, 0.2) is 0 Å². The Morgan fingerprint density at radius 1 is 1.30 bits per heavy atom. The van der Waals surface area contributed by atoms with Gasteiger partial charge in [0.25, 0.3) is 0 Å². The second-order valence-electron chi connectivity index (χ2n) is 9.85. The fourth-order valence-electron chi connectivity index (χ4n) is 6.13. The van der Waals surface area contributed by atoms with Crippen molar-refractivity contribution in [3.63, 3.8) is 0 Å². The van der Waals surface area contributed by atoms with E-state index < -0.39 is 0 Å². The fraction of sp³-hybridized carbons (Fsp3) is 0.560. The van der Waals surface area contributed by atoms with Crippen molar-refractivity contribution in [1.29, 1.82) is 0 Å². The summed E-state index contributed by atoms with van der Waals surface area (Å²) in [5, 5.41) is 0.784. The zero-order valence-corrected chi connectivity index (χ0v) is 18.8. The SMILES string of the molecule is CC1=CCC[C@]2(C)C[C@H]3OC(=O)[C@H](C[NH+]4CCN(c5cccc(Cl)c5)CC4)[C@H]3C=C12. The summed E-state index contributed by atoms with van der Waals surface area (Å²) in [7, 11) is 0. The van der Waals surface area contributed by atoms with Gasteiger partial charge in [-0.3, -0.25) is 4.79 Å². The summed E-state index contributed by atoms with van der Waals surface area (Å²) >= 11 is 6.16. The van der Waals surface area contributed by atoms with Gasteiger partial charge >= 0.3 is 5.97 Å². The number of nitrogens with zero attached hydrogens (tertiary/aromatic N) is 1. The first-order valence-corrected chi connectivity index (χ1v) is 11.7.